The van der Waals surface area contributed by atoms with E-state index in [0.717, 1.165) is 10.4 Å². The van der Waals surface area contributed by atoms with E-state index in [1.54, 1.807) is 18.2 Å². The third-order valence-corrected chi connectivity index (χ3v) is 6.45. The van der Waals surface area contributed by atoms with Crippen LogP contribution in [0.25, 0.3) is 0 Å². The van der Waals surface area contributed by atoms with Crippen LogP contribution in [0.15, 0.2) is 77.7 Å². The van der Waals surface area contributed by atoms with Gasteiger partial charge < -0.3 is 5.32 Å². The second kappa shape index (κ2) is 8.82. The van der Waals surface area contributed by atoms with Crippen molar-refractivity contribution < 1.29 is 17.6 Å². The Morgan fingerprint density at radius 3 is 2.31 bits per heavy atom. The maximum atomic E-state index is 13.4. The maximum Gasteiger partial charge on any atom is 0.264 e. The first-order valence-corrected chi connectivity index (χ1v) is 10.6. The zero-order valence-corrected chi connectivity index (χ0v) is 17.2. The normalized spacial score (nSPS) is 11.1. The molecule has 150 valence electrons. The van der Waals surface area contributed by atoms with Crippen LogP contribution < -0.4 is 9.62 Å². The molecule has 0 unspecified atom stereocenters. The van der Waals surface area contributed by atoms with Crippen molar-refractivity contribution in [3.63, 3.8) is 0 Å². The van der Waals surface area contributed by atoms with Crippen LogP contribution in [0.4, 0.5) is 15.8 Å². The van der Waals surface area contributed by atoms with Gasteiger partial charge in [0, 0.05) is 5.69 Å². The highest BCUT2D eigenvalue weighted by molar-refractivity contribution is 7.92. The molecule has 5 nitrogen and oxygen atoms in total. The summed E-state index contributed by atoms with van der Waals surface area (Å²) >= 11 is 12.0. The first kappa shape index (κ1) is 21.1. The smallest absolute Gasteiger partial charge is 0.264 e. The van der Waals surface area contributed by atoms with Gasteiger partial charge in [0.15, 0.2) is 0 Å². The number of nitrogens with zero attached hydrogens (tertiary/aromatic N) is 1. The summed E-state index contributed by atoms with van der Waals surface area (Å²) < 4.78 is 40.6. The largest absolute Gasteiger partial charge is 0.324 e. The molecule has 0 aliphatic rings. The van der Waals surface area contributed by atoms with E-state index in [4.69, 9.17) is 23.2 Å². The average Bonchev–Trinajstić information content (AvgIpc) is 2.69. The summed E-state index contributed by atoms with van der Waals surface area (Å²) in [5.74, 6) is -1.18. The summed E-state index contributed by atoms with van der Waals surface area (Å²) in [6.45, 7) is -0.550. The number of hydrogen-bond acceptors (Lipinski definition) is 3. The number of halogens is 3. The Hall–Kier alpha value is -2.61. The monoisotopic (exact) mass is 452 g/mol. The van der Waals surface area contributed by atoms with Gasteiger partial charge in [0.25, 0.3) is 10.0 Å². The van der Waals surface area contributed by atoms with Gasteiger partial charge in [-0.05, 0) is 48.5 Å². The first-order valence-electron chi connectivity index (χ1n) is 8.35. The predicted octanol–water partition coefficient (Wildman–Crippen LogP) is 4.97. The van der Waals surface area contributed by atoms with Gasteiger partial charge in [-0.25, -0.2) is 12.8 Å². The fraction of sp³-hybridized carbons (Fsp3) is 0.0500. The van der Waals surface area contributed by atoms with Crippen LogP contribution >= 0.6 is 23.2 Å². The minimum Gasteiger partial charge on any atom is -0.324 e. The van der Waals surface area contributed by atoms with E-state index in [2.05, 4.69) is 5.32 Å². The fourth-order valence-electron chi connectivity index (χ4n) is 2.57. The first-order chi connectivity index (χ1) is 13.8. The van der Waals surface area contributed by atoms with Crippen LogP contribution in [0.2, 0.25) is 10.0 Å². The van der Waals surface area contributed by atoms with Gasteiger partial charge in [0.05, 0.1) is 20.6 Å². The molecular weight excluding hydrogens is 438 g/mol. The number of nitrogens with one attached hydrogen (secondary N) is 1. The molecule has 0 heterocycles. The topological polar surface area (TPSA) is 66.5 Å². The highest BCUT2D eigenvalue weighted by Crippen LogP contribution is 2.30. The number of rotatable bonds is 6. The van der Waals surface area contributed by atoms with Crippen LogP contribution in [-0.4, -0.2) is 20.9 Å². The molecule has 1 amide bonds. The summed E-state index contributed by atoms with van der Waals surface area (Å²) in [4.78, 5) is 12.5. The van der Waals surface area contributed by atoms with E-state index in [1.807, 2.05) is 0 Å². The Morgan fingerprint density at radius 1 is 0.931 bits per heavy atom. The molecule has 0 spiro atoms. The average molecular weight is 453 g/mol. The highest BCUT2D eigenvalue weighted by atomic mass is 35.5. The highest BCUT2D eigenvalue weighted by Gasteiger charge is 2.27. The van der Waals surface area contributed by atoms with Crippen molar-refractivity contribution in [2.45, 2.75) is 4.90 Å². The van der Waals surface area contributed by atoms with Crippen LogP contribution in [-0.2, 0) is 14.8 Å². The molecule has 3 rings (SSSR count). The second-order valence-corrected chi connectivity index (χ2v) is 8.66. The van der Waals surface area contributed by atoms with Gasteiger partial charge in [-0.1, -0.05) is 47.5 Å². The molecular formula is C20H15Cl2FN2O3S. The van der Waals surface area contributed by atoms with Gasteiger partial charge in [-0.2, -0.15) is 0 Å². The third-order valence-electron chi connectivity index (χ3n) is 3.92. The molecule has 9 heteroatoms. The molecule has 1 N–H and O–H groups in total. The van der Waals surface area contributed by atoms with Crippen molar-refractivity contribution in [1.82, 2.24) is 0 Å². The van der Waals surface area contributed by atoms with Crippen LogP contribution in [0.5, 0.6) is 0 Å². The van der Waals surface area contributed by atoms with Gasteiger partial charge in [0.1, 0.15) is 12.4 Å². The van der Waals surface area contributed by atoms with E-state index in [-0.39, 0.29) is 26.3 Å². The van der Waals surface area contributed by atoms with Crippen molar-refractivity contribution in [1.29, 1.82) is 0 Å². The molecule has 0 bridgehead atoms. The van der Waals surface area contributed by atoms with Crippen LogP contribution in [0.1, 0.15) is 0 Å². The van der Waals surface area contributed by atoms with Crippen molar-refractivity contribution in [2.75, 3.05) is 16.2 Å². The number of amides is 1. The lowest BCUT2D eigenvalue weighted by atomic mass is 10.3. The molecule has 0 aromatic heterocycles. The summed E-state index contributed by atoms with van der Waals surface area (Å²) in [7, 11) is -4.08. The Morgan fingerprint density at radius 2 is 1.66 bits per heavy atom. The maximum absolute atomic E-state index is 13.4. The lowest BCUT2D eigenvalue weighted by molar-refractivity contribution is -0.114. The van der Waals surface area contributed by atoms with Gasteiger partial charge in [-0.3, -0.25) is 9.10 Å². The fourth-order valence-corrected chi connectivity index (χ4v) is 4.30. The Bertz CT molecular complexity index is 1140. The molecule has 0 fully saturated rings. The molecule has 3 aromatic carbocycles. The summed E-state index contributed by atoms with van der Waals surface area (Å²) in [5.41, 5.74) is 0.374. The lowest BCUT2D eigenvalue weighted by Crippen LogP contribution is -2.38. The van der Waals surface area contributed by atoms with E-state index in [9.17, 15) is 17.6 Å². The van der Waals surface area contributed by atoms with E-state index in [0.29, 0.717) is 0 Å². The SMILES string of the molecule is O=C(CN(c1ccc(Cl)c(Cl)c1)S(=O)(=O)c1ccccc1)Nc1cccc(F)c1. The molecule has 0 saturated heterocycles. The van der Waals surface area contributed by atoms with Gasteiger partial charge in [-0.15, -0.1) is 0 Å². The van der Waals surface area contributed by atoms with Crippen molar-refractivity contribution >= 4 is 50.5 Å². The standard InChI is InChI=1S/C20H15Cl2FN2O3S/c21-18-10-9-16(12-19(18)22)25(29(27,28)17-7-2-1-3-8-17)13-20(26)24-15-6-4-5-14(23)11-15/h1-12H,13H2,(H,24,26). The molecule has 0 aliphatic carbocycles. The molecule has 0 atom stereocenters. The number of sulfonamides is 1. The number of hydrogen-bond donors (Lipinski definition) is 1. The van der Waals surface area contributed by atoms with Gasteiger partial charge in [0.2, 0.25) is 5.91 Å². The van der Waals surface area contributed by atoms with Crippen LogP contribution in [0.3, 0.4) is 0 Å². The number of anilines is 2. The van der Waals surface area contributed by atoms with Crippen molar-refractivity contribution in [3.05, 3.63) is 88.7 Å². The Balaban J connectivity index is 1.96. The molecule has 0 radical (unpaired) electrons. The molecule has 29 heavy (non-hydrogen) atoms. The summed E-state index contributed by atoms with van der Waals surface area (Å²) in [5, 5.41) is 2.88. The quantitative estimate of drug-likeness (QED) is 0.574. The van der Waals surface area contributed by atoms with E-state index >= 15 is 0 Å². The third kappa shape index (κ3) is 5.06. The Labute approximate surface area is 177 Å². The van der Waals surface area contributed by atoms with Crippen molar-refractivity contribution in [3.8, 4) is 0 Å². The van der Waals surface area contributed by atoms with E-state index < -0.39 is 28.3 Å². The van der Waals surface area contributed by atoms with Gasteiger partial charge >= 0.3 is 0 Å². The predicted molar refractivity (Wildman–Crippen MR) is 112 cm³/mol. The minimum absolute atomic E-state index is 0.00429. The van der Waals surface area contributed by atoms with E-state index in [1.165, 1.54) is 48.5 Å². The number of benzene rings is 3. The summed E-state index contributed by atoms with van der Waals surface area (Å²) in [6, 6.07) is 17.2. The lowest BCUT2D eigenvalue weighted by Gasteiger charge is -2.24. The number of carbonyl (C=O) groups excluding carboxylic acids is 1. The van der Waals surface area contributed by atoms with Crippen LogP contribution in [0, 0.1) is 5.82 Å². The zero-order valence-electron chi connectivity index (χ0n) is 14.8. The zero-order chi connectivity index (χ0) is 21.0. The molecule has 0 aliphatic heterocycles. The summed E-state index contributed by atoms with van der Waals surface area (Å²) in [6.07, 6.45) is 0. The second-order valence-electron chi connectivity index (χ2n) is 5.98. The molecule has 0 saturated carbocycles. The van der Waals surface area contributed by atoms with Crippen molar-refractivity contribution in [2.24, 2.45) is 0 Å². The molecule has 3 aromatic rings. The minimum atomic E-state index is -4.08. The Kier molecular flexibility index (Phi) is 6.42. The number of carbonyl (C=O) groups is 1.